The lowest BCUT2D eigenvalue weighted by molar-refractivity contribution is -0.116. The molecule has 0 radical (unpaired) electrons. The van der Waals surface area contributed by atoms with Gasteiger partial charge in [-0.05, 0) is 49.2 Å². The number of imidazole rings is 1. The van der Waals surface area contributed by atoms with Crippen molar-refractivity contribution in [2.45, 2.75) is 25.4 Å². The summed E-state index contributed by atoms with van der Waals surface area (Å²) in [7, 11) is 0. The van der Waals surface area contributed by atoms with Crippen molar-refractivity contribution in [3.63, 3.8) is 0 Å². The van der Waals surface area contributed by atoms with Gasteiger partial charge < -0.3 is 4.90 Å². The van der Waals surface area contributed by atoms with Gasteiger partial charge in [0, 0.05) is 12.2 Å². The quantitative estimate of drug-likeness (QED) is 0.493. The summed E-state index contributed by atoms with van der Waals surface area (Å²) in [6.45, 7) is 4.42. The maximum atomic E-state index is 13.0. The van der Waals surface area contributed by atoms with Gasteiger partial charge in [-0.25, -0.2) is 10.1 Å². The van der Waals surface area contributed by atoms with E-state index in [2.05, 4.69) is 21.3 Å². The number of nitrogens with zero attached hydrogens (tertiary/aromatic N) is 5. The Morgan fingerprint density at radius 1 is 1.24 bits per heavy atom. The first-order chi connectivity index (χ1) is 14.1. The number of rotatable bonds is 6. The Kier molecular flexibility index (Phi) is 5.23. The molecule has 0 fully saturated rings. The fraction of sp³-hybridized carbons (Fsp3) is 0.238. The molecule has 0 saturated carbocycles. The number of fused-ring (bicyclic) bond motifs is 3. The van der Waals surface area contributed by atoms with Crippen molar-refractivity contribution >= 4 is 40.2 Å². The molecular formula is C21H20N6OS. The Hall–Kier alpha value is -3.31. The van der Waals surface area contributed by atoms with Crippen LogP contribution in [0.3, 0.4) is 0 Å². The van der Waals surface area contributed by atoms with E-state index in [0.717, 1.165) is 22.3 Å². The third kappa shape index (κ3) is 3.69. The third-order valence-electron chi connectivity index (χ3n) is 4.88. The highest BCUT2D eigenvalue weighted by molar-refractivity contribution is 7.99. The van der Waals surface area contributed by atoms with Crippen molar-refractivity contribution in [2.75, 3.05) is 17.2 Å². The first-order valence-corrected chi connectivity index (χ1v) is 10.3. The van der Waals surface area contributed by atoms with Crippen molar-refractivity contribution in [3.05, 3.63) is 53.6 Å². The molecular weight excluding hydrogens is 384 g/mol. The number of aryl methyl sites for hydroxylation is 2. The molecule has 1 amide bonds. The maximum Gasteiger partial charge on any atom is 0.237 e. The minimum atomic E-state index is -0.0610. The molecule has 0 saturated heterocycles. The highest BCUT2D eigenvalue weighted by Crippen LogP contribution is 2.25. The van der Waals surface area contributed by atoms with Crippen LogP contribution in [-0.4, -0.2) is 37.8 Å². The van der Waals surface area contributed by atoms with E-state index >= 15 is 0 Å². The van der Waals surface area contributed by atoms with Crippen LogP contribution in [0.4, 0.5) is 5.69 Å². The average Bonchev–Trinajstić information content (AvgIpc) is 3.28. The fourth-order valence-electron chi connectivity index (χ4n) is 3.20. The van der Waals surface area contributed by atoms with E-state index in [1.165, 1.54) is 17.3 Å². The maximum absolute atomic E-state index is 13.0. The van der Waals surface area contributed by atoms with Crippen molar-refractivity contribution < 1.29 is 4.79 Å². The number of thioether (sulfide) groups is 1. The van der Waals surface area contributed by atoms with Crippen LogP contribution < -0.4 is 4.90 Å². The van der Waals surface area contributed by atoms with Gasteiger partial charge in [-0.2, -0.15) is 5.26 Å². The number of amides is 1. The zero-order valence-corrected chi connectivity index (χ0v) is 17.0. The van der Waals surface area contributed by atoms with E-state index in [1.54, 1.807) is 4.90 Å². The van der Waals surface area contributed by atoms with E-state index in [0.29, 0.717) is 17.5 Å². The molecule has 2 aromatic heterocycles. The number of hydrogen-bond donors (Lipinski definition) is 1. The van der Waals surface area contributed by atoms with Crippen LogP contribution in [0.15, 0.2) is 47.6 Å². The second-order valence-corrected chi connectivity index (χ2v) is 7.72. The molecule has 29 heavy (non-hydrogen) atoms. The number of H-pyrrole nitrogens is 1. The lowest BCUT2D eigenvalue weighted by atomic mass is 10.1. The van der Waals surface area contributed by atoms with Crippen molar-refractivity contribution in [2.24, 2.45) is 0 Å². The summed E-state index contributed by atoms with van der Waals surface area (Å²) < 4.78 is 1.92. The number of nitrogens with one attached hydrogen (secondary N) is 1. The summed E-state index contributed by atoms with van der Waals surface area (Å²) >= 11 is 1.35. The number of para-hydroxylation sites is 2. The zero-order chi connectivity index (χ0) is 20.4. The standard InChI is InChI=1S/C21H20N6OS/c1-14-8-9-16(12-15(14)2)26(11-5-10-22)19(28)13-29-21-25-24-20-23-17-6-3-4-7-18(17)27(20)21/h3-4,6-9,12H,5,11,13H2,1-2H3,(H,23,24). The summed E-state index contributed by atoms with van der Waals surface area (Å²) in [4.78, 5) is 19.2. The molecule has 0 bridgehead atoms. The van der Waals surface area contributed by atoms with Crippen molar-refractivity contribution in [1.82, 2.24) is 19.6 Å². The summed E-state index contributed by atoms with van der Waals surface area (Å²) in [5.74, 6) is 0.802. The summed E-state index contributed by atoms with van der Waals surface area (Å²) in [6.07, 6.45) is 0.280. The summed E-state index contributed by atoms with van der Waals surface area (Å²) in [6, 6.07) is 15.9. The minimum absolute atomic E-state index is 0.0610. The molecule has 8 heteroatoms. The smallest absolute Gasteiger partial charge is 0.237 e. The van der Waals surface area contributed by atoms with Crippen LogP contribution in [0.1, 0.15) is 17.5 Å². The molecule has 0 spiro atoms. The number of carbonyl (C=O) groups excluding carboxylic acids is 1. The first-order valence-electron chi connectivity index (χ1n) is 9.27. The normalized spacial score (nSPS) is 11.1. The number of carbonyl (C=O) groups is 1. The predicted molar refractivity (Wildman–Crippen MR) is 114 cm³/mol. The van der Waals surface area contributed by atoms with Crippen LogP contribution >= 0.6 is 11.8 Å². The average molecular weight is 404 g/mol. The van der Waals surface area contributed by atoms with Crippen molar-refractivity contribution in [3.8, 4) is 6.07 Å². The zero-order valence-electron chi connectivity index (χ0n) is 16.2. The fourth-order valence-corrected chi connectivity index (χ4v) is 4.03. The molecule has 4 aromatic rings. The van der Waals surface area contributed by atoms with Crippen LogP contribution in [0, 0.1) is 25.2 Å². The monoisotopic (exact) mass is 404 g/mol. The van der Waals surface area contributed by atoms with E-state index in [1.807, 2.05) is 60.7 Å². The Bertz CT molecular complexity index is 1240. The highest BCUT2D eigenvalue weighted by Gasteiger charge is 2.19. The van der Waals surface area contributed by atoms with E-state index in [9.17, 15) is 4.79 Å². The summed E-state index contributed by atoms with van der Waals surface area (Å²) in [5, 5.41) is 16.9. The third-order valence-corrected chi connectivity index (χ3v) is 5.80. The molecule has 1 N–H and O–H groups in total. The topological polar surface area (TPSA) is 90.1 Å². The molecule has 0 aliphatic heterocycles. The number of aromatic amines is 1. The van der Waals surface area contributed by atoms with Gasteiger partial charge in [0.2, 0.25) is 11.7 Å². The van der Waals surface area contributed by atoms with Crippen molar-refractivity contribution in [1.29, 1.82) is 5.26 Å². The minimum Gasteiger partial charge on any atom is -0.311 e. The molecule has 2 heterocycles. The van der Waals surface area contributed by atoms with Gasteiger partial charge in [0.15, 0.2) is 5.16 Å². The van der Waals surface area contributed by atoms with Crippen LogP contribution in [0.5, 0.6) is 0 Å². The van der Waals surface area contributed by atoms with E-state index in [4.69, 9.17) is 5.26 Å². The molecule has 7 nitrogen and oxygen atoms in total. The van der Waals surface area contributed by atoms with Crippen LogP contribution in [-0.2, 0) is 4.79 Å². The molecule has 0 aliphatic carbocycles. The van der Waals surface area contributed by atoms with E-state index in [-0.39, 0.29) is 18.1 Å². The number of aromatic nitrogens is 4. The number of nitriles is 1. The Labute approximate surface area is 172 Å². The van der Waals surface area contributed by atoms with E-state index < -0.39 is 0 Å². The molecule has 0 aliphatic rings. The van der Waals surface area contributed by atoms with Gasteiger partial charge in [0.1, 0.15) is 0 Å². The number of anilines is 1. The first kappa shape index (κ1) is 19.0. The second-order valence-electron chi connectivity index (χ2n) is 6.78. The number of hydrogen-bond acceptors (Lipinski definition) is 5. The molecule has 0 atom stereocenters. The number of benzene rings is 2. The predicted octanol–water partition coefficient (Wildman–Crippen LogP) is 3.87. The Morgan fingerprint density at radius 2 is 2.07 bits per heavy atom. The van der Waals surface area contributed by atoms with Gasteiger partial charge in [-0.3, -0.25) is 9.20 Å². The molecule has 146 valence electrons. The summed E-state index contributed by atoms with van der Waals surface area (Å²) in [5.41, 5.74) is 4.92. The second kappa shape index (κ2) is 7.97. The largest absolute Gasteiger partial charge is 0.311 e. The Morgan fingerprint density at radius 3 is 2.86 bits per heavy atom. The van der Waals surface area contributed by atoms with Crippen LogP contribution in [0.2, 0.25) is 0 Å². The highest BCUT2D eigenvalue weighted by atomic mass is 32.2. The lowest BCUT2D eigenvalue weighted by Crippen LogP contribution is -2.33. The molecule has 0 unspecified atom stereocenters. The van der Waals surface area contributed by atoms with Gasteiger partial charge in [0.05, 0.1) is 29.3 Å². The van der Waals surface area contributed by atoms with Gasteiger partial charge in [0.25, 0.3) is 0 Å². The SMILES string of the molecule is Cc1ccc(N(CCC#N)C(=O)CSc2n[nH]c3nc4ccccc4n23)cc1C. The van der Waals surface area contributed by atoms with Gasteiger partial charge in [-0.1, -0.05) is 30.0 Å². The van der Waals surface area contributed by atoms with Gasteiger partial charge >= 0.3 is 0 Å². The molecule has 4 rings (SSSR count). The lowest BCUT2D eigenvalue weighted by Gasteiger charge is -2.22. The molecule has 2 aromatic carbocycles. The Balaban J connectivity index is 1.57. The van der Waals surface area contributed by atoms with Crippen LogP contribution in [0.25, 0.3) is 16.8 Å². The van der Waals surface area contributed by atoms with Gasteiger partial charge in [-0.15, -0.1) is 5.10 Å².